The molecule has 0 saturated heterocycles. The van der Waals surface area contributed by atoms with E-state index in [1.807, 2.05) is 42.6 Å². The zero-order valence-corrected chi connectivity index (χ0v) is 17.1. The van der Waals surface area contributed by atoms with Crippen LogP contribution in [-0.4, -0.2) is 29.4 Å². The Bertz CT molecular complexity index is 1030. The summed E-state index contributed by atoms with van der Waals surface area (Å²) < 4.78 is 5.83. The molecule has 8 heteroatoms. The number of thiophene rings is 1. The minimum atomic E-state index is -0.737. The van der Waals surface area contributed by atoms with E-state index in [1.165, 1.54) is 6.92 Å². The summed E-state index contributed by atoms with van der Waals surface area (Å²) in [5.74, 6) is 0.191. The van der Waals surface area contributed by atoms with Gasteiger partial charge in [-0.25, -0.2) is 4.98 Å². The first-order valence-corrected chi connectivity index (χ1v) is 10.5. The molecule has 1 aliphatic heterocycles. The van der Waals surface area contributed by atoms with Crippen molar-refractivity contribution in [1.29, 1.82) is 0 Å². The number of nitrogens with one attached hydrogen (secondary N) is 1. The number of rotatable bonds is 4. The lowest BCUT2D eigenvalue weighted by molar-refractivity contribution is -0.128. The van der Waals surface area contributed by atoms with Crippen molar-refractivity contribution < 1.29 is 14.3 Å². The quantitative estimate of drug-likeness (QED) is 0.709. The van der Waals surface area contributed by atoms with Crippen molar-refractivity contribution in [2.24, 2.45) is 0 Å². The Kier molecular flexibility index (Phi) is 5.15. The summed E-state index contributed by atoms with van der Waals surface area (Å²) in [6.07, 6.45) is -0.737. The van der Waals surface area contributed by atoms with Crippen LogP contribution < -0.4 is 15.0 Å². The van der Waals surface area contributed by atoms with Crippen LogP contribution in [0.3, 0.4) is 0 Å². The maximum Gasteiger partial charge on any atom is 0.263 e. The second kappa shape index (κ2) is 7.73. The molecule has 1 N–H and O–H groups in total. The van der Waals surface area contributed by atoms with Crippen molar-refractivity contribution in [3.05, 3.63) is 51.7 Å². The van der Waals surface area contributed by atoms with Gasteiger partial charge in [-0.1, -0.05) is 12.1 Å². The minimum absolute atomic E-state index is 0.116. The molecule has 2 amide bonds. The number of carbonyl (C=O) groups excluding carboxylic acids is 2. The van der Waals surface area contributed by atoms with E-state index in [4.69, 9.17) is 4.74 Å². The molecule has 1 unspecified atom stereocenters. The van der Waals surface area contributed by atoms with Gasteiger partial charge in [-0.15, -0.1) is 22.7 Å². The van der Waals surface area contributed by atoms with E-state index in [0.717, 1.165) is 20.5 Å². The van der Waals surface area contributed by atoms with Crippen molar-refractivity contribution in [3.63, 3.8) is 0 Å². The summed E-state index contributed by atoms with van der Waals surface area (Å²) in [4.78, 5) is 32.8. The zero-order valence-electron chi connectivity index (χ0n) is 15.5. The smallest absolute Gasteiger partial charge is 0.263 e. The first-order valence-electron chi connectivity index (χ1n) is 8.84. The third-order valence-corrected chi connectivity index (χ3v) is 6.30. The number of amides is 2. The minimum Gasteiger partial charge on any atom is -0.477 e. The number of fused-ring (bicyclic) bond motifs is 1. The molecule has 144 valence electrons. The number of thiazole rings is 1. The van der Waals surface area contributed by atoms with Crippen LogP contribution >= 0.6 is 22.7 Å². The SMILES string of the molecule is CC(=O)N1CC(C(=O)NCc2ccc(-c3csc(C)n3)s2)Oc2ccccc21. The van der Waals surface area contributed by atoms with E-state index in [-0.39, 0.29) is 18.4 Å². The largest absolute Gasteiger partial charge is 0.477 e. The van der Waals surface area contributed by atoms with Gasteiger partial charge in [0.1, 0.15) is 5.75 Å². The number of carbonyl (C=O) groups is 2. The molecular formula is C20H19N3O3S2. The molecule has 0 aliphatic carbocycles. The number of benzene rings is 1. The molecule has 3 aromatic rings. The summed E-state index contributed by atoms with van der Waals surface area (Å²) >= 11 is 3.23. The van der Waals surface area contributed by atoms with Gasteiger partial charge in [-0.3, -0.25) is 9.59 Å². The zero-order chi connectivity index (χ0) is 19.7. The van der Waals surface area contributed by atoms with Crippen LogP contribution in [0.4, 0.5) is 5.69 Å². The van der Waals surface area contributed by atoms with Gasteiger partial charge in [0.05, 0.1) is 34.4 Å². The average Bonchev–Trinajstić information content (AvgIpc) is 3.34. The van der Waals surface area contributed by atoms with Crippen molar-refractivity contribution >= 4 is 40.2 Å². The Morgan fingerprint density at radius 3 is 2.86 bits per heavy atom. The maximum atomic E-state index is 12.6. The molecule has 0 saturated carbocycles. The molecule has 0 fully saturated rings. The van der Waals surface area contributed by atoms with Crippen LogP contribution in [-0.2, 0) is 16.1 Å². The normalized spacial score (nSPS) is 15.6. The van der Waals surface area contributed by atoms with Gasteiger partial charge in [0.25, 0.3) is 5.91 Å². The Hall–Kier alpha value is -2.71. The fraction of sp³-hybridized carbons (Fsp3) is 0.250. The number of aryl methyl sites for hydroxylation is 1. The number of hydrogen-bond donors (Lipinski definition) is 1. The molecule has 28 heavy (non-hydrogen) atoms. The van der Waals surface area contributed by atoms with Crippen LogP contribution in [0.15, 0.2) is 41.8 Å². The molecule has 0 spiro atoms. The van der Waals surface area contributed by atoms with E-state index in [0.29, 0.717) is 18.0 Å². The summed E-state index contributed by atoms with van der Waals surface area (Å²) in [6.45, 7) is 4.08. The second-order valence-electron chi connectivity index (χ2n) is 6.44. The summed E-state index contributed by atoms with van der Waals surface area (Å²) in [5, 5.41) is 5.99. The predicted octanol–water partition coefficient (Wildman–Crippen LogP) is 3.61. The molecule has 3 heterocycles. The number of aromatic nitrogens is 1. The van der Waals surface area contributed by atoms with Gasteiger partial charge in [0, 0.05) is 17.2 Å². The fourth-order valence-electron chi connectivity index (χ4n) is 3.04. The lowest BCUT2D eigenvalue weighted by Gasteiger charge is -2.33. The lowest BCUT2D eigenvalue weighted by Crippen LogP contribution is -2.50. The predicted molar refractivity (Wildman–Crippen MR) is 111 cm³/mol. The Morgan fingerprint density at radius 2 is 2.11 bits per heavy atom. The van der Waals surface area contributed by atoms with E-state index in [9.17, 15) is 9.59 Å². The third kappa shape index (κ3) is 3.79. The number of ether oxygens (including phenoxy) is 1. The standard InChI is InChI=1S/C20H19N3O3S2/c1-12-22-15(11-27-12)19-8-7-14(28-19)9-21-20(25)18-10-23(13(2)24)16-5-3-4-6-17(16)26-18/h3-8,11,18H,9-10H2,1-2H3,(H,21,25). The van der Waals surface area contributed by atoms with Gasteiger partial charge in [-0.05, 0) is 31.2 Å². The fourth-order valence-corrected chi connectivity index (χ4v) is 4.64. The molecular weight excluding hydrogens is 394 g/mol. The van der Waals surface area contributed by atoms with Crippen molar-refractivity contribution in [1.82, 2.24) is 10.3 Å². The third-order valence-electron chi connectivity index (χ3n) is 4.42. The van der Waals surface area contributed by atoms with E-state index < -0.39 is 6.10 Å². The monoisotopic (exact) mass is 413 g/mol. The van der Waals surface area contributed by atoms with Gasteiger partial charge >= 0.3 is 0 Å². The topological polar surface area (TPSA) is 71.5 Å². The number of hydrogen-bond acceptors (Lipinski definition) is 6. The van der Waals surface area contributed by atoms with Gasteiger partial charge in [0.2, 0.25) is 5.91 Å². The van der Waals surface area contributed by atoms with Gasteiger partial charge in [0.15, 0.2) is 6.10 Å². The van der Waals surface area contributed by atoms with Crippen LogP contribution in [0.2, 0.25) is 0 Å². The van der Waals surface area contributed by atoms with Crippen LogP contribution in [0, 0.1) is 6.92 Å². The molecule has 6 nitrogen and oxygen atoms in total. The van der Waals surface area contributed by atoms with Gasteiger partial charge < -0.3 is 15.0 Å². The molecule has 1 atom stereocenters. The molecule has 0 radical (unpaired) electrons. The van der Waals surface area contributed by atoms with Crippen LogP contribution in [0.25, 0.3) is 10.6 Å². The lowest BCUT2D eigenvalue weighted by atomic mass is 10.1. The average molecular weight is 414 g/mol. The van der Waals surface area contributed by atoms with Crippen LogP contribution in [0.5, 0.6) is 5.75 Å². The first kappa shape index (κ1) is 18.6. The summed E-state index contributed by atoms with van der Waals surface area (Å²) in [6, 6.07) is 11.3. The number of nitrogens with zero attached hydrogens (tertiary/aromatic N) is 2. The van der Waals surface area contributed by atoms with E-state index >= 15 is 0 Å². The van der Waals surface area contributed by atoms with E-state index in [2.05, 4.69) is 10.3 Å². The van der Waals surface area contributed by atoms with E-state index in [1.54, 1.807) is 33.6 Å². The highest BCUT2D eigenvalue weighted by molar-refractivity contribution is 7.16. The van der Waals surface area contributed by atoms with Crippen LogP contribution in [0.1, 0.15) is 16.8 Å². The van der Waals surface area contributed by atoms with Crippen molar-refractivity contribution in [2.75, 3.05) is 11.4 Å². The second-order valence-corrected chi connectivity index (χ2v) is 8.67. The summed E-state index contributed by atoms with van der Waals surface area (Å²) in [7, 11) is 0. The number of para-hydroxylation sites is 2. The molecule has 2 aromatic heterocycles. The number of anilines is 1. The summed E-state index contributed by atoms with van der Waals surface area (Å²) in [5.41, 5.74) is 1.66. The maximum absolute atomic E-state index is 12.6. The molecule has 0 bridgehead atoms. The highest BCUT2D eigenvalue weighted by Crippen LogP contribution is 2.33. The first-order chi connectivity index (χ1) is 13.5. The molecule has 1 aromatic carbocycles. The molecule has 4 rings (SSSR count). The highest BCUT2D eigenvalue weighted by Gasteiger charge is 2.32. The Morgan fingerprint density at radius 1 is 1.29 bits per heavy atom. The Labute approximate surface area is 170 Å². The Balaban J connectivity index is 1.42. The van der Waals surface area contributed by atoms with Crippen molar-refractivity contribution in [3.8, 4) is 16.3 Å². The van der Waals surface area contributed by atoms with Crippen molar-refractivity contribution in [2.45, 2.75) is 26.5 Å². The molecule has 1 aliphatic rings. The highest BCUT2D eigenvalue weighted by atomic mass is 32.1. The van der Waals surface area contributed by atoms with Gasteiger partial charge in [-0.2, -0.15) is 0 Å².